The van der Waals surface area contributed by atoms with Crippen LogP contribution >= 0.6 is 0 Å². The summed E-state index contributed by atoms with van der Waals surface area (Å²) in [5.41, 5.74) is 6.78. The van der Waals surface area contributed by atoms with Gasteiger partial charge in [0.05, 0.1) is 12.2 Å². The Balaban J connectivity index is 1.70. The zero-order valence-electron chi connectivity index (χ0n) is 10.3. The van der Waals surface area contributed by atoms with Crippen LogP contribution < -0.4 is 10.5 Å². The third kappa shape index (κ3) is 2.51. The van der Waals surface area contributed by atoms with Gasteiger partial charge in [0.1, 0.15) is 11.6 Å². The molecule has 4 nitrogen and oxygen atoms in total. The molecule has 1 aromatic heterocycles. The fourth-order valence-corrected chi connectivity index (χ4v) is 1.92. The van der Waals surface area contributed by atoms with Gasteiger partial charge in [-0.05, 0) is 32.1 Å². The van der Waals surface area contributed by atoms with Gasteiger partial charge in [-0.2, -0.15) is 4.98 Å². The van der Waals surface area contributed by atoms with Crippen molar-refractivity contribution in [2.45, 2.75) is 44.9 Å². The smallest absolute Gasteiger partial charge is 0.221 e. The van der Waals surface area contributed by atoms with Crippen LogP contribution in [0.4, 0.5) is 5.82 Å². The highest BCUT2D eigenvalue weighted by atomic mass is 16.5. The standard InChI is InChI=1S/C13H19N3O/c1-8-11(14)15-12(10-4-5-10)16-13(8)17-7-6-9-2-3-9/h9-10H,2-7H2,1H3,(H2,14,15,16). The van der Waals surface area contributed by atoms with Crippen LogP contribution in [0.1, 0.15) is 49.4 Å². The molecular formula is C13H19N3O. The van der Waals surface area contributed by atoms with Crippen LogP contribution in [-0.2, 0) is 0 Å². The first kappa shape index (κ1) is 10.8. The summed E-state index contributed by atoms with van der Waals surface area (Å²) in [5.74, 6) is 3.54. The first-order valence-electron chi connectivity index (χ1n) is 6.51. The molecule has 0 saturated heterocycles. The van der Waals surface area contributed by atoms with E-state index in [1.54, 1.807) is 0 Å². The highest BCUT2D eigenvalue weighted by Gasteiger charge is 2.28. The van der Waals surface area contributed by atoms with E-state index in [-0.39, 0.29) is 0 Å². The van der Waals surface area contributed by atoms with Crippen molar-refractivity contribution in [3.8, 4) is 5.88 Å². The topological polar surface area (TPSA) is 61.0 Å². The third-order valence-corrected chi connectivity index (χ3v) is 3.56. The molecule has 0 aromatic carbocycles. The molecule has 0 aliphatic heterocycles. The van der Waals surface area contributed by atoms with Crippen LogP contribution in [-0.4, -0.2) is 16.6 Å². The van der Waals surface area contributed by atoms with E-state index in [1.165, 1.54) is 25.7 Å². The van der Waals surface area contributed by atoms with Gasteiger partial charge in [0.15, 0.2) is 0 Å². The second kappa shape index (κ2) is 4.17. The number of rotatable bonds is 5. The lowest BCUT2D eigenvalue weighted by Gasteiger charge is -2.10. The van der Waals surface area contributed by atoms with Crippen molar-refractivity contribution in [3.63, 3.8) is 0 Å². The highest BCUT2D eigenvalue weighted by Crippen LogP contribution is 2.39. The average Bonchev–Trinajstić information content (AvgIpc) is 3.16. The number of aromatic nitrogens is 2. The van der Waals surface area contributed by atoms with E-state index < -0.39 is 0 Å². The Kier molecular flexibility index (Phi) is 2.65. The predicted molar refractivity (Wildman–Crippen MR) is 66.0 cm³/mol. The van der Waals surface area contributed by atoms with Crippen LogP contribution in [0.25, 0.3) is 0 Å². The van der Waals surface area contributed by atoms with Gasteiger partial charge in [-0.3, -0.25) is 0 Å². The fourth-order valence-electron chi connectivity index (χ4n) is 1.92. The number of hydrogen-bond acceptors (Lipinski definition) is 4. The van der Waals surface area contributed by atoms with Crippen molar-refractivity contribution in [1.29, 1.82) is 0 Å². The van der Waals surface area contributed by atoms with E-state index in [9.17, 15) is 0 Å². The molecule has 1 heterocycles. The molecule has 0 radical (unpaired) electrons. The molecule has 17 heavy (non-hydrogen) atoms. The van der Waals surface area contributed by atoms with Crippen LogP contribution in [0.2, 0.25) is 0 Å². The van der Waals surface area contributed by atoms with Gasteiger partial charge < -0.3 is 10.5 Å². The molecule has 2 aliphatic carbocycles. The summed E-state index contributed by atoms with van der Waals surface area (Å²) in [6.45, 7) is 2.69. The minimum atomic E-state index is 0.517. The van der Waals surface area contributed by atoms with Crippen molar-refractivity contribution in [3.05, 3.63) is 11.4 Å². The summed E-state index contributed by atoms with van der Waals surface area (Å²) in [5, 5.41) is 0. The van der Waals surface area contributed by atoms with Crippen LogP contribution in [0.5, 0.6) is 5.88 Å². The van der Waals surface area contributed by atoms with Crippen LogP contribution in [0, 0.1) is 12.8 Å². The monoisotopic (exact) mass is 233 g/mol. The SMILES string of the molecule is Cc1c(N)nc(C2CC2)nc1OCCC1CC1. The molecule has 0 atom stereocenters. The number of nitrogen functional groups attached to an aromatic ring is 1. The lowest BCUT2D eigenvalue weighted by molar-refractivity contribution is 0.288. The summed E-state index contributed by atoms with van der Waals surface area (Å²) >= 11 is 0. The lowest BCUT2D eigenvalue weighted by atomic mass is 10.3. The maximum Gasteiger partial charge on any atom is 0.221 e. The molecule has 2 saturated carbocycles. The highest BCUT2D eigenvalue weighted by molar-refractivity contribution is 5.45. The largest absolute Gasteiger partial charge is 0.477 e. The Hall–Kier alpha value is -1.32. The zero-order valence-corrected chi connectivity index (χ0v) is 10.3. The summed E-state index contributed by atoms with van der Waals surface area (Å²) in [6.07, 6.45) is 6.24. The maximum atomic E-state index is 5.90. The second-order valence-corrected chi connectivity index (χ2v) is 5.25. The van der Waals surface area contributed by atoms with Gasteiger partial charge in [0.2, 0.25) is 5.88 Å². The van der Waals surface area contributed by atoms with Gasteiger partial charge in [-0.15, -0.1) is 0 Å². The van der Waals surface area contributed by atoms with E-state index in [0.717, 1.165) is 30.3 Å². The van der Waals surface area contributed by atoms with Crippen LogP contribution in [0.15, 0.2) is 0 Å². The minimum Gasteiger partial charge on any atom is -0.477 e. The van der Waals surface area contributed by atoms with Gasteiger partial charge in [-0.1, -0.05) is 12.8 Å². The van der Waals surface area contributed by atoms with E-state index in [1.807, 2.05) is 6.92 Å². The number of anilines is 1. The molecule has 2 fully saturated rings. The molecule has 2 N–H and O–H groups in total. The van der Waals surface area contributed by atoms with Gasteiger partial charge in [0.25, 0.3) is 0 Å². The average molecular weight is 233 g/mol. The van der Waals surface area contributed by atoms with Crippen LogP contribution in [0.3, 0.4) is 0 Å². The molecule has 3 rings (SSSR count). The summed E-state index contributed by atoms with van der Waals surface area (Å²) in [4.78, 5) is 8.84. The Bertz CT molecular complexity index is 425. The van der Waals surface area contributed by atoms with E-state index in [4.69, 9.17) is 10.5 Å². The van der Waals surface area contributed by atoms with Crippen molar-refractivity contribution >= 4 is 5.82 Å². The number of nitrogens with two attached hydrogens (primary N) is 1. The molecule has 4 heteroatoms. The molecule has 92 valence electrons. The molecule has 0 unspecified atom stereocenters. The number of ether oxygens (including phenoxy) is 1. The minimum absolute atomic E-state index is 0.517. The van der Waals surface area contributed by atoms with E-state index in [2.05, 4.69) is 9.97 Å². The van der Waals surface area contributed by atoms with Gasteiger partial charge in [-0.25, -0.2) is 4.98 Å². The lowest BCUT2D eigenvalue weighted by Crippen LogP contribution is -2.07. The van der Waals surface area contributed by atoms with Gasteiger partial charge >= 0.3 is 0 Å². The fraction of sp³-hybridized carbons (Fsp3) is 0.692. The van der Waals surface area contributed by atoms with E-state index >= 15 is 0 Å². The predicted octanol–water partition coefficient (Wildman–Crippen LogP) is 2.42. The molecule has 0 bridgehead atoms. The Morgan fingerprint density at radius 1 is 1.24 bits per heavy atom. The summed E-state index contributed by atoms with van der Waals surface area (Å²) in [7, 11) is 0. The summed E-state index contributed by atoms with van der Waals surface area (Å²) < 4.78 is 5.76. The maximum absolute atomic E-state index is 5.90. The number of nitrogens with zero attached hydrogens (tertiary/aromatic N) is 2. The van der Waals surface area contributed by atoms with Crippen molar-refractivity contribution < 1.29 is 4.74 Å². The zero-order chi connectivity index (χ0) is 11.8. The second-order valence-electron chi connectivity index (χ2n) is 5.25. The molecule has 0 amide bonds. The van der Waals surface area contributed by atoms with Crippen molar-refractivity contribution in [1.82, 2.24) is 9.97 Å². The van der Waals surface area contributed by atoms with Crippen molar-refractivity contribution in [2.75, 3.05) is 12.3 Å². The molecular weight excluding hydrogens is 214 g/mol. The molecule has 1 aromatic rings. The molecule has 0 spiro atoms. The van der Waals surface area contributed by atoms with Gasteiger partial charge in [0, 0.05) is 5.92 Å². The Labute approximate surface area is 102 Å². The third-order valence-electron chi connectivity index (χ3n) is 3.56. The Morgan fingerprint density at radius 2 is 2.00 bits per heavy atom. The normalized spacial score (nSPS) is 19.4. The summed E-state index contributed by atoms with van der Waals surface area (Å²) in [6, 6.07) is 0. The van der Waals surface area contributed by atoms with E-state index in [0.29, 0.717) is 17.6 Å². The number of hydrogen-bond donors (Lipinski definition) is 1. The quantitative estimate of drug-likeness (QED) is 0.848. The first-order chi connectivity index (χ1) is 8.24. The van der Waals surface area contributed by atoms with Crippen molar-refractivity contribution in [2.24, 2.45) is 5.92 Å². The Morgan fingerprint density at radius 3 is 2.65 bits per heavy atom. The first-order valence-corrected chi connectivity index (χ1v) is 6.51. The molecule has 2 aliphatic rings.